The van der Waals surface area contributed by atoms with Crippen LogP contribution in [0.3, 0.4) is 0 Å². The molecule has 2 heterocycles. The van der Waals surface area contributed by atoms with Gasteiger partial charge in [0.25, 0.3) is 0 Å². The maximum atomic E-state index is 13.9. The first-order valence-electron chi connectivity index (χ1n) is 19.2. The first-order valence-corrected chi connectivity index (χ1v) is 22.4. The molecule has 3 aromatic rings. The predicted octanol–water partition coefficient (Wildman–Crippen LogP) is 4.65. The number of carboxylic acid groups (broad SMARTS) is 1. The van der Waals surface area contributed by atoms with Crippen LogP contribution < -0.4 is 19.9 Å². The van der Waals surface area contributed by atoms with E-state index < -0.39 is 60.3 Å². The Hall–Kier alpha value is -4.06. The van der Waals surface area contributed by atoms with Gasteiger partial charge in [-0.3, -0.25) is 4.52 Å². The lowest BCUT2D eigenvalue weighted by molar-refractivity contribution is -0.144. The third-order valence-electron chi connectivity index (χ3n) is 9.69. The molecule has 16 nitrogen and oxygen atoms in total. The molecule has 0 aromatic heterocycles. The van der Waals surface area contributed by atoms with Crippen LogP contribution in [-0.4, -0.2) is 112 Å². The highest BCUT2D eigenvalue weighted by molar-refractivity contribution is 7.89. The first-order chi connectivity index (χ1) is 27.7. The smallest absolute Gasteiger partial charge is 0.407 e. The molecule has 0 radical (unpaired) electrons. The molecule has 18 heteroatoms. The Morgan fingerprint density at radius 3 is 2.29 bits per heavy atom. The second-order valence-corrected chi connectivity index (χ2v) is 18.7. The topological polar surface area (TPSA) is 208 Å². The number of hydrogen-bond donors (Lipinski definition) is 4. The van der Waals surface area contributed by atoms with Crippen LogP contribution in [-0.2, 0) is 51.1 Å². The second kappa shape index (κ2) is 20.8. The summed E-state index contributed by atoms with van der Waals surface area (Å²) in [5.74, 6) is -0.652. The normalized spacial score (nSPS) is 20.5. The minimum Gasteiger partial charge on any atom is -0.497 e. The number of rotatable bonds is 22. The van der Waals surface area contributed by atoms with E-state index in [4.69, 9.17) is 28.0 Å². The van der Waals surface area contributed by atoms with Crippen molar-refractivity contribution < 1.29 is 60.8 Å². The lowest BCUT2D eigenvalue weighted by Crippen LogP contribution is -2.51. The fourth-order valence-corrected chi connectivity index (χ4v) is 9.92. The molecule has 2 saturated heterocycles. The minimum absolute atomic E-state index is 0.0396. The quantitative estimate of drug-likeness (QED) is 0.0802. The summed E-state index contributed by atoms with van der Waals surface area (Å²) in [5.41, 5.74) is 1.60. The molecule has 1 amide bonds. The van der Waals surface area contributed by atoms with Crippen LogP contribution in [0.5, 0.6) is 11.5 Å². The molecule has 0 saturated carbocycles. The number of benzene rings is 3. The average Bonchev–Trinajstić information content (AvgIpc) is 3.82. The highest BCUT2D eigenvalue weighted by Gasteiger charge is 2.44. The number of hydrogen-bond acceptors (Lipinski definition) is 13. The van der Waals surface area contributed by atoms with Gasteiger partial charge in [0.05, 0.1) is 49.4 Å². The molecule has 0 aliphatic carbocycles. The summed E-state index contributed by atoms with van der Waals surface area (Å²) in [6, 6.07) is 20.8. The number of aliphatic hydroxyl groups excluding tert-OH is 1. The monoisotopic (exact) mass is 847 g/mol. The van der Waals surface area contributed by atoms with Crippen LogP contribution in [0.1, 0.15) is 38.3 Å². The summed E-state index contributed by atoms with van der Waals surface area (Å²) < 4.78 is 75.7. The number of carbonyl (C=O) groups is 2. The fourth-order valence-electron chi connectivity index (χ4n) is 6.61. The minimum atomic E-state index is -4.05. The van der Waals surface area contributed by atoms with E-state index in [1.165, 1.54) is 30.5 Å². The molecule has 7 atom stereocenters. The summed E-state index contributed by atoms with van der Waals surface area (Å²) >= 11 is 0. The van der Waals surface area contributed by atoms with Crippen LogP contribution >= 0.6 is 7.60 Å². The number of amides is 1. The zero-order chi connectivity index (χ0) is 41.9. The summed E-state index contributed by atoms with van der Waals surface area (Å²) in [7, 11) is -6.42. The molecule has 0 bridgehead atoms. The Labute approximate surface area is 339 Å². The van der Waals surface area contributed by atoms with Gasteiger partial charge < -0.3 is 44.3 Å². The van der Waals surface area contributed by atoms with Gasteiger partial charge in [0.1, 0.15) is 17.6 Å². The van der Waals surface area contributed by atoms with E-state index in [0.29, 0.717) is 31.1 Å². The standard InChI is InChI=1S/C40H54N3O13PS/c1-27(2)24-43(58(49,50)33-16-14-31(51-4)15-17-33)25-36(44)35(42-40(47)54-37-26-53-39-34(37)18-20-52-39)22-29-10-12-30(13-11-29)23-41-19-21-57(48,55-28(3)38(45)46)56-32-8-6-5-7-9-32/h5-17,27-28,34-37,39,41,44H,18-26H2,1-4H3,(H,42,47)(H,45,46). The van der Waals surface area contributed by atoms with Crippen molar-refractivity contribution in [2.24, 2.45) is 11.8 Å². The number of carbonyl (C=O) groups excluding carboxylic acids is 1. The fraction of sp³-hybridized carbons (Fsp3) is 0.500. The zero-order valence-electron chi connectivity index (χ0n) is 33.1. The zero-order valence-corrected chi connectivity index (χ0v) is 34.8. The number of nitrogens with zero attached hydrogens (tertiary/aromatic N) is 1. The van der Waals surface area contributed by atoms with Crippen molar-refractivity contribution in [1.29, 1.82) is 0 Å². The number of ether oxygens (including phenoxy) is 4. The largest absolute Gasteiger partial charge is 0.497 e. The molecule has 5 rings (SSSR count). The third-order valence-corrected chi connectivity index (χ3v) is 13.4. The van der Waals surface area contributed by atoms with E-state index >= 15 is 0 Å². The van der Waals surface area contributed by atoms with Crippen LogP contribution in [0.15, 0.2) is 83.8 Å². The van der Waals surface area contributed by atoms with Gasteiger partial charge in [-0.2, -0.15) is 4.31 Å². The SMILES string of the molecule is COc1ccc(S(=O)(=O)N(CC(C)C)CC(O)C(Cc2ccc(CNCCP(=O)(Oc3ccccc3)OC(C)C(=O)O)cc2)NC(=O)OC2COC3OCCC23)cc1. The van der Waals surface area contributed by atoms with Crippen molar-refractivity contribution in [1.82, 2.24) is 14.9 Å². The Balaban J connectivity index is 1.26. The number of fused-ring (bicyclic) bond motifs is 1. The van der Waals surface area contributed by atoms with Gasteiger partial charge in [-0.15, -0.1) is 0 Å². The number of para-hydroxylation sites is 1. The Kier molecular flexibility index (Phi) is 16.1. The third kappa shape index (κ3) is 12.7. The first kappa shape index (κ1) is 45.0. The molecule has 4 N–H and O–H groups in total. The summed E-state index contributed by atoms with van der Waals surface area (Å²) in [5, 5.41) is 27.0. The van der Waals surface area contributed by atoms with Gasteiger partial charge in [0.2, 0.25) is 10.0 Å². The summed E-state index contributed by atoms with van der Waals surface area (Å²) in [6.45, 7) is 6.08. The predicted molar refractivity (Wildman–Crippen MR) is 213 cm³/mol. The van der Waals surface area contributed by atoms with Crippen molar-refractivity contribution in [3.05, 3.63) is 90.0 Å². The number of nitrogens with one attached hydrogen (secondary N) is 2. The number of methoxy groups -OCH3 is 1. The van der Waals surface area contributed by atoms with Gasteiger partial charge in [-0.25, -0.2) is 22.6 Å². The molecule has 2 fully saturated rings. The lowest BCUT2D eigenvalue weighted by atomic mass is 10.00. The Morgan fingerprint density at radius 2 is 1.64 bits per heavy atom. The molecule has 318 valence electrons. The number of aliphatic hydroxyl groups is 1. The van der Waals surface area contributed by atoms with Crippen LogP contribution in [0.2, 0.25) is 0 Å². The van der Waals surface area contributed by atoms with Crippen molar-refractivity contribution in [2.75, 3.05) is 46.1 Å². The second-order valence-electron chi connectivity index (χ2n) is 14.7. The molecular formula is C40H54N3O13PS. The number of carboxylic acids is 1. The summed E-state index contributed by atoms with van der Waals surface area (Å²) in [6.07, 6.45) is -3.70. The number of sulfonamides is 1. The maximum Gasteiger partial charge on any atom is 0.407 e. The van der Waals surface area contributed by atoms with E-state index in [1.807, 2.05) is 38.1 Å². The van der Waals surface area contributed by atoms with Crippen LogP contribution in [0.4, 0.5) is 4.79 Å². The summed E-state index contributed by atoms with van der Waals surface area (Å²) in [4.78, 5) is 24.8. The average molecular weight is 848 g/mol. The molecule has 2 aliphatic rings. The van der Waals surface area contributed by atoms with E-state index in [1.54, 1.807) is 42.5 Å². The molecular weight excluding hydrogens is 793 g/mol. The lowest BCUT2D eigenvalue weighted by Gasteiger charge is -2.31. The van der Waals surface area contributed by atoms with Crippen molar-refractivity contribution in [2.45, 2.75) is 75.7 Å². The molecule has 2 aliphatic heterocycles. The van der Waals surface area contributed by atoms with Gasteiger partial charge >= 0.3 is 19.7 Å². The van der Waals surface area contributed by atoms with E-state index in [-0.39, 0.29) is 55.6 Å². The van der Waals surface area contributed by atoms with Gasteiger partial charge in [-0.1, -0.05) is 56.3 Å². The highest BCUT2D eigenvalue weighted by Crippen LogP contribution is 2.49. The van der Waals surface area contributed by atoms with Gasteiger partial charge in [-0.05, 0) is 73.2 Å². The molecule has 58 heavy (non-hydrogen) atoms. The number of aliphatic carboxylic acids is 1. The van der Waals surface area contributed by atoms with E-state index in [9.17, 15) is 32.8 Å². The molecule has 0 spiro atoms. The van der Waals surface area contributed by atoms with E-state index in [2.05, 4.69) is 10.6 Å². The number of alkyl carbamates (subject to hydrolysis) is 1. The van der Waals surface area contributed by atoms with Gasteiger partial charge in [0, 0.05) is 26.2 Å². The molecule has 7 unspecified atom stereocenters. The Morgan fingerprint density at radius 1 is 0.948 bits per heavy atom. The van der Waals surface area contributed by atoms with Crippen molar-refractivity contribution in [3.8, 4) is 11.5 Å². The van der Waals surface area contributed by atoms with Gasteiger partial charge in [0.15, 0.2) is 12.4 Å². The Bertz CT molecular complexity index is 1940. The van der Waals surface area contributed by atoms with Crippen LogP contribution in [0, 0.1) is 11.8 Å². The van der Waals surface area contributed by atoms with Crippen LogP contribution in [0.25, 0.3) is 0 Å². The van der Waals surface area contributed by atoms with Crippen molar-refractivity contribution >= 4 is 29.7 Å². The highest BCUT2D eigenvalue weighted by atomic mass is 32.2. The molecule has 3 aromatic carbocycles. The maximum absolute atomic E-state index is 13.9. The van der Waals surface area contributed by atoms with E-state index in [0.717, 1.165) is 11.1 Å². The van der Waals surface area contributed by atoms with Crippen molar-refractivity contribution in [3.63, 3.8) is 0 Å².